The quantitative estimate of drug-likeness (QED) is 0.296. The molecule has 0 spiro atoms. The van der Waals surface area contributed by atoms with Crippen LogP contribution in [0.5, 0.6) is 0 Å². The van der Waals surface area contributed by atoms with Crippen LogP contribution in [0.4, 0.5) is 14.5 Å². The molecule has 0 aromatic carbocycles. The van der Waals surface area contributed by atoms with Crippen molar-refractivity contribution < 1.29 is 18.4 Å². The maximum absolute atomic E-state index is 13.0. The molecule has 0 bridgehead atoms. The summed E-state index contributed by atoms with van der Waals surface area (Å²) in [5, 5.41) is 8.47. The van der Waals surface area contributed by atoms with E-state index >= 15 is 0 Å². The van der Waals surface area contributed by atoms with E-state index in [0.717, 1.165) is 5.69 Å². The van der Waals surface area contributed by atoms with Gasteiger partial charge in [0.25, 0.3) is 5.92 Å². The topological polar surface area (TPSA) is 72.6 Å². The molecular weight excluding hydrogens is 428 g/mol. The van der Waals surface area contributed by atoms with Gasteiger partial charge in [0.15, 0.2) is 5.15 Å². The first-order valence-electron chi connectivity index (χ1n) is 10.2. The second-order valence-electron chi connectivity index (χ2n) is 7.76. The Morgan fingerprint density at radius 3 is 2.87 bits per heavy atom. The maximum atomic E-state index is 13.0. The molecule has 2 unspecified atom stereocenters. The molecule has 1 aliphatic rings. The van der Waals surface area contributed by atoms with Crippen molar-refractivity contribution in [3.8, 4) is 5.69 Å². The first kappa shape index (κ1) is 23.1. The number of halogens is 3. The molecule has 1 amide bonds. The molecule has 1 saturated carbocycles. The van der Waals surface area contributed by atoms with Crippen molar-refractivity contribution >= 4 is 28.9 Å². The largest absolute Gasteiger partial charge is 0.396 e. The van der Waals surface area contributed by atoms with E-state index in [4.69, 9.17) is 16.4 Å². The fraction of sp³-hybridized carbons (Fsp3) is 0.524. The minimum absolute atomic E-state index is 0.0721. The van der Waals surface area contributed by atoms with Gasteiger partial charge >= 0.3 is 0 Å². The summed E-state index contributed by atoms with van der Waals surface area (Å²) in [5.41, 5.74) is 1.87. The molecule has 10 heteroatoms. The molecule has 7 nitrogen and oxygen atoms in total. The number of anilines is 1. The zero-order valence-electron chi connectivity index (χ0n) is 17.8. The van der Waals surface area contributed by atoms with Crippen molar-refractivity contribution in [2.45, 2.75) is 46.0 Å². The highest BCUT2D eigenvalue weighted by Crippen LogP contribution is 2.50. The number of hydrogen-bond acceptors (Lipinski definition) is 5. The van der Waals surface area contributed by atoms with Gasteiger partial charge < -0.3 is 9.74 Å². The fourth-order valence-corrected chi connectivity index (χ4v) is 3.59. The average molecular weight is 454 g/mol. The Morgan fingerprint density at radius 1 is 1.52 bits per heavy atom. The molecule has 168 valence electrons. The molecule has 0 radical (unpaired) electrons. The Morgan fingerprint density at radius 2 is 2.26 bits per heavy atom. The van der Waals surface area contributed by atoms with Crippen molar-refractivity contribution in [3.05, 3.63) is 35.9 Å². The second kappa shape index (κ2) is 9.72. The van der Waals surface area contributed by atoms with Gasteiger partial charge in [-0.15, -0.1) is 0 Å². The molecule has 2 atom stereocenters. The van der Waals surface area contributed by atoms with E-state index in [1.54, 1.807) is 48.1 Å². The number of carbonyl (C=O) groups excluding carboxylic acids is 1. The number of oxime groups is 1. The third-order valence-electron chi connectivity index (χ3n) is 5.19. The fourth-order valence-electron chi connectivity index (χ4n) is 3.36. The van der Waals surface area contributed by atoms with Crippen LogP contribution in [-0.2, 0) is 9.63 Å². The Labute approximate surface area is 185 Å². The van der Waals surface area contributed by atoms with E-state index in [9.17, 15) is 13.6 Å². The van der Waals surface area contributed by atoms with Crippen LogP contribution in [0.15, 0.2) is 35.9 Å². The molecule has 0 aliphatic heterocycles. The van der Waals surface area contributed by atoms with Gasteiger partial charge in [-0.2, -0.15) is 5.10 Å². The van der Waals surface area contributed by atoms with Gasteiger partial charge in [0.2, 0.25) is 5.91 Å². The van der Waals surface area contributed by atoms with Crippen LogP contribution in [-0.4, -0.2) is 45.5 Å². The van der Waals surface area contributed by atoms with Gasteiger partial charge in [0, 0.05) is 37.4 Å². The Hall–Kier alpha value is -2.55. The smallest absolute Gasteiger partial charge is 0.251 e. The third kappa shape index (κ3) is 5.78. The number of amides is 1. The second-order valence-corrected chi connectivity index (χ2v) is 8.12. The zero-order chi connectivity index (χ0) is 22.6. The maximum Gasteiger partial charge on any atom is 0.251 e. The number of aromatic nitrogens is 3. The number of carbonyl (C=O) groups is 1. The monoisotopic (exact) mass is 453 g/mol. The number of nitrogens with zero attached hydrogens (tertiary/aromatic N) is 5. The van der Waals surface area contributed by atoms with Crippen molar-refractivity contribution in [2.24, 2.45) is 17.0 Å². The SMILES string of the molecule is CCN(C(=O)C(C)C/C(C)=N/OCCC1CC1(F)F)c1cn(-c2cccnc2)nc1Cl. The molecule has 31 heavy (non-hydrogen) atoms. The molecule has 0 N–H and O–H groups in total. The Bertz CT molecular complexity index is 935. The van der Waals surface area contributed by atoms with E-state index in [1.807, 2.05) is 13.0 Å². The van der Waals surface area contributed by atoms with E-state index in [2.05, 4.69) is 15.2 Å². The third-order valence-corrected chi connectivity index (χ3v) is 5.46. The molecule has 2 aromatic rings. The highest BCUT2D eigenvalue weighted by atomic mass is 35.5. The van der Waals surface area contributed by atoms with Gasteiger partial charge in [0.1, 0.15) is 12.3 Å². The van der Waals surface area contributed by atoms with Crippen molar-refractivity contribution in [2.75, 3.05) is 18.1 Å². The standard InChI is InChI=1S/C21H26ClF2N5O2/c1-4-28(18-13-29(26-19(18)22)17-6-5-8-25-12-17)20(30)14(2)10-15(3)27-31-9-7-16-11-21(16,23)24/h5-6,8,12-14,16H,4,7,9-11H2,1-3H3/b27-15+. The lowest BCUT2D eigenvalue weighted by Gasteiger charge is -2.23. The molecule has 1 fully saturated rings. The Kier molecular flexibility index (Phi) is 7.25. The van der Waals surface area contributed by atoms with Gasteiger partial charge in [0.05, 0.1) is 23.8 Å². The van der Waals surface area contributed by atoms with Crippen molar-refractivity contribution in [3.63, 3.8) is 0 Å². The van der Waals surface area contributed by atoms with Crippen LogP contribution in [0.2, 0.25) is 5.15 Å². The van der Waals surface area contributed by atoms with E-state index in [-0.39, 0.29) is 36.4 Å². The molecule has 1 aliphatic carbocycles. The highest BCUT2D eigenvalue weighted by Gasteiger charge is 2.56. The van der Waals surface area contributed by atoms with Crippen LogP contribution in [0, 0.1) is 11.8 Å². The number of hydrogen-bond donors (Lipinski definition) is 0. The van der Waals surface area contributed by atoms with Crippen molar-refractivity contribution in [1.29, 1.82) is 0 Å². The van der Waals surface area contributed by atoms with Crippen molar-refractivity contribution in [1.82, 2.24) is 14.8 Å². The molecule has 3 rings (SSSR count). The summed E-state index contributed by atoms with van der Waals surface area (Å²) >= 11 is 6.31. The van der Waals surface area contributed by atoms with Crippen LogP contribution in [0.25, 0.3) is 5.69 Å². The first-order valence-corrected chi connectivity index (χ1v) is 10.6. The lowest BCUT2D eigenvalue weighted by Crippen LogP contribution is -2.35. The summed E-state index contributed by atoms with van der Waals surface area (Å²) in [7, 11) is 0. The molecule has 2 aromatic heterocycles. The molecule has 2 heterocycles. The highest BCUT2D eigenvalue weighted by molar-refractivity contribution is 6.32. The summed E-state index contributed by atoms with van der Waals surface area (Å²) < 4.78 is 27.3. The van der Waals surface area contributed by atoms with Gasteiger partial charge in [-0.25, -0.2) is 13.5 Å². The van der Waals surface area contributed by atoms with Crippen LogP contribution in [0.1, 0.15) is 40.0 Å². The summed E-state index contributed by atoms with van der Waals surface area (Å²) in [6, 6.07) is 3.63. The van der Waals surface area contributed by atoms with Crippen LogP contribution in [0.3, 0.4) is 0 Å². The van der Waals surface area contributed by atoms with Crippen LogP contribution < -0.4 is 4.90 Å². The lowest BCUT2D eigenvalue weighted by atomic mass is 10.0. The normalized spacial score (nSPS) is 18.5. The predicted molar refractivity (Wildman–Crippen MR) is 115 cm³/mol. The Balaban J connectivity index is 1.58. The van der Waals surface area contributed by atoms with Gasteiger partial charge in [-0.05, 0) is 32.4 Å². The lowest BCUT2D eigenvalue weighted by molar-refractivity contribution is -0.121. The van der Waals surface area contributed by atoms with E-state index in [0.29, 0.717) is 24.4 Å². The summed E-state index contributed by atoms with van der Waals surface area (Å²) in [6.07, 6.45) is 5.60. The number of rotatable bonds is 10. The minimum atomic E-state index is -2.54. The average Bonchev–Trinajstić information content (AvgIpc) is 3.17. The van der Waals surface area contributed by atoms with Gasteiger partial charge in [-0.1, -0.05) is 23.7 Å². The first-order chi connectivity index (χ1) is 14.7. The predicted octanol–water partition coefficient (Wildman–Crippen LogP) is 4.74. The molecule has 0 saturated heterocycles. The molecular formula is C21H26ClF2N5O2. The number of pyridine rings is 1. The summed E-state index contributed by atoms with van der Waals surface area (Å²) in [4.78, 5) is 23.8. The minimum Gasteiger partial charge on any atom is -0.396 e. The summed E-state index contributed by atoms with van der Waals surface area (Å²) in [5.74, 6) is -3.64. The summed E-state index contributed by atoms with van der Waals surface area (Å²) in [6.45, 7) is 5.97. The number of alkyl halides is 2. The van der Waals surface area contributed by atoms with E-state index in [1.165, 1.54) is 0 Å². The zero-order valence-corrected chi connectivity index (χ0v) is 18.5. The van der Waals surface area contributed by atoms with Gasteiger partial charge in [-0.3, -0.25) is 9.78 Å². The van der Waals surface area contributed by atoms with Crippen LogP contribution >= 0.6 is 11.6 Å². The van der Waals surface area contributed by atoms with E-state index < -0.39 is 11.8 Å².